The summed E-state index contributed by atoms with van der Waals surface area (Å²) in [5.74, 6) is 0. The SMILES string of the molecule is [Zr].[cH-]1[cH-][cH-][cH-][cH-]1.c1cc[c-]([CH2][Al]2[CH2]CCC[O]2)c1. The van der Waals surface area contributed by atoms with Crippen molar-refractivity contribution in [2.24, 2.45) is 0 Å². The van der Waals surface area contributed by atoms with Gasteiger partial charge < -0.3 is 34.1 Å². The predicted molar refractivity (Wildman–Crippen MR) is 73.5 cm³/mol. The van der Waals surface area contributed by atoms with Gasteiger partial charge in [-0.05, 0) is 6.42 Å². The van der Waals surface area contributed by atoms with Crippen molar-refractivity contribution in [3.05, 3.63) is 60.2 Å². The Morgan fingerprint density at radius 1 is 1.00 bits per heavy atom. The van der Waals surface area contributed by atoms with Crippen LogP contribution in [0.4, 0.5) is 0 Å². The monoisotopic (exact) mass is 332 g/mol. The van der Waals surface area contributed by atoms with Crippen molar-refractivity contribution in [1.82, 2.24) is 0 Å². The summed E-state index contributed by atoms with van der Waals surface area (Å²) < 4.78 is 5.79. The van der Waals surface area contributed by atoms with E-state index in [4.69, 9.17) is 3.79 Å². The first-order chi connectivity index (χ1) is 8.45. The standard InChI is InChI=1S/C6H6.C5H5.C4H8O.Al.Zr/c1-6-4-2-3-5-6;1-2-4-5-3-1;1-2-3-4-5;;/h2-5H,1H2;1-5H;1-4H2;;/q-1;-5;-1;+1;. The number of hydrogen-bond donors (Lipinski definition) is 0. The fourth-order valence-corrected chi connectivity index (χ4v) is 4.63. The summed E-state index contributed by atoms with van der Waals surface area (Å²) >= 11 is -0.819. The minimum Gasteiger partial charge on any atom is -0.748 e. The third-order valence-corrected chi connectivity index (χ3v) is 5.71. The van der Waals surface area contributed by atoms with Crippen LogP contribution in [0.5, 0.6) is 0 Å². The van der Waals surface area contributed by atoms with Crippen LogP contribution in [0.1, 0.15) is 18.4 Å². The molecule has 1 fully saturated rings. The summed E-state index contributed by atoms with van der Waals surface area (Å²) in [6, 6.07) is 18.7. The minimum atomic E-state index is -0.819. The molecule has 1 heterocycles. The van der Waals surface area contributed by atoms with Gasteiger partial charge in [-0.25, -0.2) is 12.1 Å². The summed E-state index contributed by atoms with van der Waals surface area (Å²) in [5, 5.41) is 2.62. The molecule has 0 aliphatic carbocycles. The average molecular weight is 334 g/mol. The Balaban J connectivity index is 0.000000230. The normalized spacial score (nSPS) is 14.3. The van der Waals surface area contributed by atoms with Gasteiger partial charge in [-0.1, -0.05) is 17.0 Å². The molecule has 0 saturated carbocycles. The van der Waals surface area contributed by atoms with Gasteiger partial charge in [0, 0.05) is 32.8 Å². The van der Waals surface area contributed by atoms with Crippen molar-refractivity contribution in [3.63, 3.8) is 0 Å². The Hall–Kier alpha value is 0.0756. The van der Waals surface area contributed by atoms with Crippen LogP contribution in [0.3, 0.4) is 0 Å². The first-order valence-electron chi connectivity index (χ1n) is 6.44. The van der Waals surface area contributed by atoms with E-state index in [2.05, 4.69) is 24.3 Å². The summed E-state index contributed by atoms with van der Waals surface area (Å²) in [4.78, 5) is 0. The van der Waals surface area contributed by atoms with E-state index >= 15 is 0 Å². The van der Waals surface area contributed by atoms with E-state index in [1.54, 1.807) is 0 Å². The molecule has 1 aliphatic rings. The van der Waals surface area contributed by atoms with Crippen LogP contribution < -0.4 is 0 Å². The van der Waals surface area contributed by atoms with Crippen LogP contribution in [-0.4, -0.2) is 21.1 Å². The molecule has 0 aromatic heterocycles. The first kappa shape index (κ1) is 16.1. The Bertz CT molecular complexity index is 346. The molecule has 0 unspecified atom stereocenters. The van der Waals surface area contributed by atoms with Crippen molar-refractivity contribution in [2.75, 3.05) is 6.61 Å². The third kappa shape index (κ3) is 6.30. The molecule has 0 N–H and O–H groups in total. The topological polar surface area (TPSA) is 9.23 Å². The van der Waals surface area contributed by atoms with E-state index in [0.29, 0.717) is 0 Å². The van der Waals surface area contributed by atoms with E-state index in [1.807, 2.05) is 30.3 Å². The molecule has 0 amide bonds. The van der Waals surface area contributed by atoms with Gasteiger partial charge >= 0.3 is 14.5 Å². The molecule has 0 bridgehead atoms. The molecule has 3 heteroatoms. The van der Waals surface area contributed by atoms with Gasteiger partial charge in [-0.15, -0.1) is 0 Å². The fourth-order valence-electron chi connectivity index (χ4n) is 2.10. The summed E-state index contributed by atoms with van der Waals surface area (Å²) in [5.41, 5.74) is 1.48. The molecule has 18 heavy (non-hydrogen) atoms. The van der Waals surface area contributed by atoms with Gasteiger partial charge in [0.2, 0.25) is 0 Å². The maximum atomic E-state index is 5.79. The molecule has 1 nitrogen and oxygen atoms in total. The van der Waals surface area contributed by atoms with Crippen LogP contribution in [0, 0.1) is 0 Å². The smallest absolute Gasteiger partial charge is 0.452 e. The Morgan fingerprint density at radius 3 is 2.11 bits per heavy atom. The molecule has 0 spiro atoms. The second kappa shape index (κ2) is 9.93. The van der Waals surface area contributed by atoms with Gasteiger partial charge in [0.1, 0.15) is 0 Å². The van der Waals surface area contributed by atoms with E-state index in [9.17, 15) is 0 Å². The maximum absolute atomic E-state index is 5.79. The van der Waals surface area contributed by atoms with Crippen LogP contribution in [0.25, 0.3) is 0 Å². The van der Waals surface area contributed by atoms with Gasteiger partial charge in [-0.3, -0.25) is 0 Å². The van der Waals surface area contributed by atoms with Gasteiger partial charge in [0.05, 0.1) is 0 Å². The van der Waals surface area contributed by atoms with Crippen molar-refractivity contribution >= 4 is 14.5 Å². The van der Waals surface area contributed by atoms with E-state index < -0.39 is 14.5 Å². The summed E-state index contributed by atoms with van der Waals surface area (Å²) in [6.45, 7) is 1.03. The molecular formula is C15H19AlOZr-6. The molecule has 0 atom stereocenters. The van der Waals surface area contributed by atoms with Crippen molar-refractivity contribution in [2.45, 2.75) is 23.4 Å². The predicted octanol–water partition coefficient (Wildman–Crippen LogP) is 3.69. The zero-order chi connectivity index (χ0) is 11.8. The molecular weight excluding hydrogens is 314 g/mol. The van der Waals surface area contributed by atoms with Gasteiger partial charge in [0.25, 0.3) is 0 Å². The van der Waals surface area contributed by atoms with Crippen LogP contribution in [0.2, 0.25) is 5.28 Å². The molecule has 2 aromatic rings. The zero-order valence-corrected chi connectivity index (χ0v) is 14.3. The van der Waals surface area contributed by atoms with E-state index in [1.165, 1.54) is 29.0 Å². The second-order valence-corrected chi connectivity index (χ2v) is 7.01. The number of hydrogen-bond acceptors (Lipinski definition) is 1. The van der Waals surface area contributed by atoms with Gasteiger partial charge in [0.15, 0.2) is 0 Å². The largest absolute Gasteiger partial charge is 0.748 e. The first-order valence-corrected chi connectivity index (χ1v) is 8.54. The Morgan fingerprint density at radius 2 is 1.61 bits per heavy atom. The molecule has 1 saturated heterocycles. The summed E-state index contributed by atoms with van der Waals surface area (Å²) in [6.07, 6.45) is 2.68. The van der Waals surface area contributed by atoms with Crippen LogP contribution in [-0.2, 0) is 35.3 Å². The Kier molecular flexibility index (Phi) is 8.90. The summed E-state index contributed by atoms with van der Waals surface area (Å²) in [7, 11) is 0. The molecule has 98 valence electrons. The quantitative estimate of drug-likeness (QED) is 0.601. The average Bonchev–Trinajstić information content (AvgIpc) is 3.06. The zero-order valence-electron chi connectivity index (χ0n) is 10.7. The fraction of sp³-hybridized carbons (Fsp3) is 0.333. The molecule has 0 radical (unpaired) electrons. The van der Waals surface area contributed by atoms with Crippen LogP contribution in [0.15, 0.2) is 54.6 Å². The molecule has 2 aromatic carbocycles. The maximum Gasteiger partial charge on any atom is 0.452 e. The van der Waals surface area contributed by atoms with Crippen LogP contribution >= 0.6 is 0 Å². The van der Waals surface area contributed by atoms with E-state index in [0.717, 1.165) is 6.61 Å². The van der Waals surface area contributed by atoms with Crippen molar-refractivity contribution < 1.29 is 30.0 Å². The van der Waals surface area contributed by atoms with Gasteiger partial charge in [-0.2, -0.15) is 17.7 Å². The second-order valence-electron chi connectivity index (χ2n) is 4.45. The van der Waals surface area contributed by atoms with Crippen molar-refractivity contribution in [1.29, 1.82) is 0 Å². The third-order valence-electron chi connectivity index (χ3n) is 3.02. The molecule has 3 rings (SSSR count). The van der Waals surface area contributed by atoms with Crippen molar-refractivity contribution in [3.8, 4) is 0 Å². The Labute approximate surface area is 134 Å². The number of rotatable bonds is 2. The van der Waals surface area contributed by atoms with E-state index in [-0.39, 0.29) is 26.2 Å². The minimum absolute atomic E-state index is 0. The molecule has 1 aliphatic heterocycles.